The van der Waals surface area contributed by atoms with Gasteiger partial charge in [0.1, 0.15) is 11.5 Å². The van der Waals surface area contributed by atoms with E-state index in [-0.39, 0.29) is 6.29 Å². The summed E-state index contributed by atoms with van der Waals surface area (Å²) < 4.78 is 1.80. The van der Waals surface area contributed by atoms with Crippen LogP contribution in [0.4, 0.5) is 5.82 Å². The summed E-state index contributed by atoms with van der Waals surface area (Å²) in [4.78, 5) is 12.0. The smallest absolute Gasteiger partial charge is 0.182 e. The Morgan fingerprint density at radius 2 is 2.07 bits per heavy atom. The summed E-state index contributed by atoms with van der Waals surface area (Å²) in [7, 11) is 0. The molecule has 27 heavy (non-hydrogen) atoms. The van der Waals surface area contributed by atoms with Crippen LogP contribution in [0.25, 0.3) is 22.2 Å². The second-order valence-electron chi connectivity index (χ2n) is 6.16. The molecule has 5 heterocycles. The Balaban J connectivity index is 1.47. The third-order valence-corrected chi connectivity index (χ3v) is 4.38. The zero-order valence-corrected chi connectivity index (χ0v) is 14.3. The Labute approximate surface area is 154 Å². The van der Waals surface area contributed by atoms with Gasteiger partial charge in [0.2, 0.25) is 0 Å². The van der Waals surface area contributed by atoms with E-state index in [0.717, 1.165) is 33.5 Å². The summed E-state index contributed by atoms with van der Waals surface area (Å²) in [6.45, 7) is 0.652. The van der Waals surface area contributed by atoms with E-state index in [2.05, 4.69) is 47.3 Å². The Kier molecular flexibility index (Phi) is 3.99. The van der Waals surface area contributed by atoms with Gasteiger partial charge in [-0.25, -0.2) is 20.5 Å². The molecule has 10 nitrogen and oxygen atoms in total. The molecule has 1 saturated heterocycles. The summed E-state index contributed by atoms with van der Waals surface area (Å²) >= 11 is 0. The molecule has 0 amide bonds. The average Bonchev–Trinajstić information content (AvgIpc) is 3.47. The van der Waals surface area contributed by atoms with Gasteiger partial charge in [-0.2, -0.15) is 16.2 Å². The molecule has 0 atom stereocenters. The third-order valence-electron chi connectivity index (χ3n) is 4.38. The average molecular weight is 362 g/mol. The molecule has 6 N–H and O–H groups in total. The van der Waals surface area contributed by atoms with Gasteiger partial charge in [0.15, 0.2) is 6.29 Å². The molecular weight excluding hydrogens is 344 g/mol. The fourth-order valence-corrected chi connectivity index (χ4v) is 3.06. The van der Waals surface area contributed by atoms with Crippen molar-refractivity contribution in [2.75, 3.05) is 5.32 Å². The van der Waals surface area contributed by atoms with Crippen LogP contribution < -0.4 is 27.2 Å². The summed E-state index contributed by atoms with van der Waals surface area (Å²) in [5.41, 5.74) is 15.6. The molecule has 0 spiro atoms. The molecule has 4 aromatic heterocycles. The first-order chi connectivity index (χ1) is 13.4. The van der Waals surface area contributed by atoms with E-state index >= 15 is 0 Å². The van der Waals surface area contributed by atoms with Crippen molar-refractivity contribution in [1.82, 2.24) is 46.7 Å². The zero-order chi connectivity index (χ0) is 18.1. The van der Waals surface area contributed by atoms with Gasteiger partial charge < -0.3 is 10.3 Å². The van der Waals surface area contributed by atoms with Crippen molar-refractivity contribution in [3.8, 4) is 11.1 Å². The number of pyridine rings is 2. The van der Waals surface area contributed by atoms with Gasteiger partial charge in [-0.1, -0.05) is 6.07 Å². The lowest BCUT2D eigenvalue weighted by Gasteiger charge is -2.09. The van der Waals surface area contributed by atoms with Crippen LogP contribution in [0.1, 0.15) is 11.9 Å². The van der Waals surface area contributed by atoms with Crippen LogP contribution in [0.5, 0.6) is 0 Å². The summed E-state index contributed by atoms with van der Waals surface area (Å²) in [5, 5.41) is 8.86. The van der Waals surface area contributed by atoms with Crippen molar-refractivity contribution in [3.63, 3.8) is 0 Å². The molecule has 0 bridgehead atoms. The van der Waals surface area contributed by atoms with Crippen LogP contribution in [0, 0.1) is 0 Å². The lowest BCUT2D eigenvalue weighted by atomic mass is 10.1. The highest BCUT2D eigenvalue weighted by Gasteiger charge is 2.17. The first-order valence-electron chi connectivity index (χ1n) is 8.53. The number of hydrogen-bond donors (Lipinski definition) is 6. The maximum atomic E-state index is 4.66. The number of hydrogen-bond acceptors (Lipinski definition) is 8. The first kappa shape index (κ1) is 15.9. The number of nitrogens with zero attached hydrogens (tertiary/aromatic N) is 4. The van der Waals surface area contributed by atoms with E-state index in [0.29, 0.717) is 6.54 Å². The lowest BCUT2D eigenvalue weighted by Crippen LogP contribution is -2.33. The predicted molar refractivity (Wildman–Crippen MR) is 100 cm³/mol. The molecular formula is C17H18N10. The Bertz CT molecular complexity index is 1050. The zero-order valence-electron chi connectivity index (χ0n) is 14.3. The normalized spacial score (nSPS) is 14.8. The molecule has 4 aromatic rings. The minimum atomic E-state index is -0.175. The Morgan fingerprint density at radius 3 is 2.93 bits per heavy atom. The van der Waals surface area contributed by atoms with Gasteiger partial charge in [0, 0.05) is 42.3 Å². The molecule has 1 aliphatic heterocycles. The molecule has 0 aliphatic carbocycles. The number of fused-ring (bicyclic) bond motifs is 1. The Hall–Kier alpha value is -3.31. The Morgan fingerprint density at radius 1 is 1.15 bits per heavy atom. The number of aromatic nitrogens is 5. The predicted octanol–water partition coefficient (Wildman–Crippen LogP) is 1.01. The summed E-state index contributed by atoms with van der Waals surface area (Å²) in [6.07, 6.45) is 9.15. The number of rotatable bonds is 5. The quantitative estimate of drug-likeness (QED) is 0.311. The molecule has 5 rings (SSSR count). The van der Waals surface area contributed by atoms with Crippen LogP contribution >= 0.6 is 0 Å². The van der Waals surface area contributed by atoms with Crippen LogP contribution in [-0.2, 0) is 6.54 Å². The highest BCUT2D eigenvalue weighted by molar-refractivity contribution is 5.94. The van der Waals surface area contributed by atoms with E-state index in [9.17, 15) is 0 Å². The fourth-order valence-electron chi connectivity index (χ4n) is 3.06. The van der Waals surface area contributed by atoms with Gasteiger partial charge in [-0.05, 0) is 29.3 Å². The maximum Gasteiger partial charge on any atom is 0.182 e. The van der Waals surface area contributed by atoms with Crippen molar-refractivity contribution in [2.45, 2.75) is 12.8 Å². The molecule has 0 saturated carbocycles. The van der Waals surface area contributed by atoms with Crippen molar-refractivity contribution in [2.24, 2.45) is 0 Å². The number of H-pyrrole nitrogens is 1. The van der Waals surface area contributed by atoms with Crippen LogP contribution in [0.15, 0.2) is 55.2 Å². The minimum absolute atomic E-state index is 0.175. The summed E-state index contributed by atoms with van der Waals surface area (Å²) in [6, 6.07) is 8.02. The SMILES string of the molecule is c1cncc(CNc2cc(-c3cnn(C4NNNN4)c3)c3cc[nH]c3n2)c1. The van der Waals surface area contributed by atoms with Crippen LogP contribution in [-0.4, -0.2) is 24.7 Å². The van der Waals surface area contributed by atoms with Crippen molar-refractivity contribution >= 4 is 16.9 Å². The topological polar surface area (TPSA) is 120 Å². The number of aromatic amines is 1. The number of nitrogens with one attached hydrogen (secondary N) is 6. The number of anilines is 1. The second-order valence-corrected chi connectivity index (χ2v) is 6.16. The fraction of sp³-hybridized carbons (Fsp3) is 0.118. The van der Waals surface area contributed by atoms with Gasteiger partial charge in [-0.3, -0.25) is 4.98 Å². The largest absolute Gasteiger partial charge is 0.366 e. The highest BCUT2D eigenvalue weighted by Crippen LogP contribution is 2.30. The van der Waals surface area contributed by atoms with Gasteiger partial charge in [0.25, 0.3) is 0 Å². The van der Waals surface area contributed by atoms with E-state index in [1.165, 1.54) is 0 Å². The summed E-state index contributed by atoms with van der Waals surface area (Å²) in [5.74, 6) is 0.789. The third kappa shape index (κ3) is 3.13. The van der Waals surface area contributed by atoms with Crippen LogP contribution in [0.3, 0.4) is 0 Å². The van der Waals surface area contributed by atoms with Crippen molar-refractivity contribution < 1.29 is 0 Å². The first-order valence-corrected chi connectivity index (χ1v) is 8.53. The van der Waals surface area contributed by atoms with Gasteiger partial charge in [0.05, 0.1) is 6.20 Å². The molecule has 0 aromatic carbocycles. The van der Waals surface area contributed by atoms with E-state index in [4.69, 9.17) is 0 Å². The van der Waals surface area contributed by atoms with Gasteiger partial charge in [-0.15, -0.1) is 0 Å². The molecule has 0 unspecified atom stereocenters. The highest BCUT2D eigenvalue weighted by atomic mass is 15.9. The molecule has 1 fully saturated rings. The molecule has 0 radical (unpaired) electrons. The molecule has 136 valence electrons. The second kappa shape index (κ2) is 6.78. The van der Waals surface area contributed by atoms with Crippen molar-refractivity contribution in [3.05, 3.63) is 60.8 Å². The lowest BCUT2D eigenvalue weighted by molar-refractivity contribution is 0.367. The molecule has 10 heteroatoms. The van der Waals surface area contributed by atoms with E-state index in [1.54, 1.807) is 10.9 Å². The van der Waals surface area contributed by atoms with E-state index < -0.39 is 0 Å². The minimum Gasteiger partial charge on any atom is -0.366 e. The van der Waals surface area contributed by atoms with E-state index in [1.807, 2.05) is 49.1 Å². The number of hydrazine groups is 3. The van der Waals surface area contributed by atoms with Crippen molar-refractivity contribution in [1.29, 1.82) is 0 Å². The maximum absolute atomic E-state index is 4.66. The monoisotopic (exact) mass is 362 g/mol. The van der Waals surface area contributed by atoms with Crippen LogP contribution in [0.2, 0.25) is 0 Å². The standard InChI is InChI=1S/C17H18N10/c1-2-11(7-18-4-1)8-20-15-6-14(13-3-5-19-16(13)22-15)12-9-21-27(10-12)17-23-25-26-24-17/h1-7,9-10,17,23-26H,8H2,(H2,19,20,22). The molecule has 1 aliphatic rings. The van der Waals surface area contributed by atoms with Gasteiger partial charge >= 0.3 is 0 Å².